The Bertz CT molecular complexity index is 1250. The number of nitrogens with two attached hydrogens (primary N) is 1. The van der Waals surface area contributed by atoms with Gasteiger partial charge in [-0.05, 0) is 0 Å². The van der Waals surface area contributed by atoms with E-state index in [2.05, 4.69) is 20.3 Å². The first-order valence-corrected chi connectivity index (χ1v) is 12.1. The Hall–Kier alpha value is -3.79. The summed E-state index contributed by atoms with van der Waals surface area (Å²) in [7, 11) is 1.52. The van der Waals surface area contributed by atoms with E-state index in [1.165, 1.54) is 24.3 Å². The Kier molecular flexibility index (Phi) is 7.35. The van der Waals surface area contributed by atoms with Crippen LogP contribution in [0.3, 0.4) is 0 Å². The molecule has 36 heavy (non-hydrogen) atoms. The normalized spacial score (nSPS) is 19.6. The number of carboxylic acids is 1. The van der Waals surface area contributed by atoms with Gasteiger partial charge in [0.25, 0.3) is 11.8 Å². The van der Waals surface area contributed by atoms with Crippen LogP contribution in [-0.4, -0.2) is 64.3 Å². The number of hydrogen-bond acceptors (Lipinski definition) is 11. The number of β-lactam (4-membered cyclic amide) rings is 1. The number of oxime groups is 1. The number of halogens is 2. The fraction of sp³-hybridized carbons (Fsp3) is 0.300. The largest absolute Gasteiger partial charge is 0.543 e. The molecule has 0 radical (unpaired) electrons. The highest BCUT2D eigenvalue weighted by Crippen LogP contribution is 2.40. The van der Waals surface area contributed by atoms with Crippen LogP contribution >= 0.6 is 23.1 Å². The van der Waals surface area contributed by atoms with Crippen LogP contribution in [-0.2, 0) is 25.8 Å². The van der Waals surface area contributed by atoms with Gasteiger partial charge >= 0.3 is 6.61 Å². The quantitative estimate of drug-likeness (QED) is 0.177. The summed E-state index contributed by atoms with van der Waals surface area (Å²) in [6.45, 7) is -3.11. The Labute approximate surface area is 210 Å². The van der Waals surface area contributed by atoms with Crippen molar-refractivity contribution in [2.75, 3.05) is 18.6 Å². The number of carbonyl (C=O) groups excluding carboxylic acids is 3. The second kappa shape index (κ2) is 10.4. The first kappa shape index (κ1) is 25.3. The zero-order valence-corrected chi connectivity index (χ0v) is 20.1. The molecule has 4 rings (SSSR count). The number of pyridine rings is 1. The summed E-state index contributed by atoms with van der Waals surface area (Å²) < 4.78 is 31.8. The second-order valence-electron chi connectivity index (χ2n) is 7.39. The molecule has 1 saturated heterocycles. The number of aromatic nitrogens is 2. The van der Waals surface area contributed by atoms with Gasteiger partial charge < -0.3 is 30.5 Å². The molecule has 0 bridgehead atoms. The van der Waals surface area contributed by atoms with E-state index in [1.54, 1.807) is 29.1 Å². The molecule has 0 aliphatic carbocycles. The summed E-state index contributed by atoms with van der Waals surface area (Å²) in [5.41, 5.74) is 4.97. The molecular formula is C20H18F2N6O6S2. The SMILES string of the molecule is COc1cc[n+](CC2=C(C(=O)[O-])N3C(=O)C(NC(=O)C(=NOC(F)F)c4csc(N)n4)[C@H]3SC2)cc1. The number of alkyl halides is 2. The Morgan fingerprint density at radius 2 is 2.14 bits per heavy atom. The number of nitrogens with one attached hydrogen (secondary N) is 1. The van der Waals surface area contributed by atoms with E-state index in [-0.39, 0.29) is 28.8 Å². The lowest BCUT2D eigenvalue weighted by Gasteiger charge is -2.50. The van der Waals surface area contributed by atoms with Crippen LogP contribution in [0.15, 0.2) is 46.3 Å². The predicted molar refractivity (Wildman–Crippen MR) is 120 cm³/mol. The molecule has 2 aromatic rings. The maximum Gasteiger partial charge on any atom is 0.407 e. The van der Waals surface area contributed by atoms with E-state index >= 15 is 0 Å². The maximum atomic E-state index is 12.9. The van der Waals surface area contributed by atoms with E-state index in [4.69, 9.17) is 10.5 Å². The van der Waals surface area contributed by atoms with Crippen molar-refractivity contribution in [1.29, 1.82) is 0 Å². The minimum absolute atomic E-state index is 0.0577. The molecule has 190 valence electrons. The van der Waals surface area contributed by atoms with Gasteiger partial charge in [-0.1, -0.05) is 5.16 Å². The standard InChI is InChI=1S/C20H18F2N6O6S2/c1-33-10-2-4-27(5-3-10)6-9-7-35-17-13(16(30)28(17)14(9)18(31)32)25-15(29)12(26-34-19(21)22)11-8-36-20(23)24-11/h2-5,8,13,17,19H,6-7H2,1H3,(H3-,23,24,25,29,31,32)/t13?,17-/m1/s1. The van der Waals surface area contributed by atoms with Crippen LogP contribution < -0.4 is 25.5 Å². The number of nitrogen functional groups attached to an aromatic ring is 1. The third-order valence-corrected chi connectivity index (χ3v) is 7.21. The monoisotopic (exact) mass is 540 g/mol. The molecule has 2 aliphatic heterocycles. The van der Waals surface area contributed by atoms with Crippen molar-refractivity contribution < 1.29 is 42.4 Å². The molecule has 0 saturated carbocycles. The van der Waals surface area contributed by atoms with Gasteiger partial charge in [0.15, 0.2) is 29.8 Å². The number of ether oxygens (including phenoxy) is 1. The van der Waals surface area contributed by atoms with Gasteiger partial charge in [-0.2, -0.15) is 8.78 Å². The van der Waals surface area contributed by atoms with Crippen LogP contribution in [0.2, 0.25) is 0 Å². The number of hydrogen-bond donors (Lipinski definition) is 2. The first-order valence-electron chi connectivity index (χ1n) is 10.1. The van der Waals surface area contributed by atoms with Crippen molar-refractivity contribution >= 4 is 51.7 Å². The summed E-state index contributed by atoms with van der Waals surface area (Å²) in [4.78, 5) is 46.4. The Balaban J connectivity index is 1.52. The van der Waals surface area contributed by atoms with Gasteiger partial charge in [-0.25, -0.2) is 9.55 Å². The highest BCUT2D eigenvalue weighted by atomic mass is 32.2. The summed E-state index contributed by atoms with van der Waals surface area (Å²) >= 11 is 2.18. The van der Waals surface area contributed by atoms with E-state index in [9.17, 15) is 28.3 Å². The van der Waals surface area contributed by atoms with Gasteiger partial charge in [-0.3, -0.25) is 14.5 Å². The predicted octanol–water partition coefficient (Wildman–Crippen LogP) is -0.931. The van der Waals surface area contributed by atoms with Crippen LogP contribution in [0.1, 0.15) is 5.69 Å². The topological polar surface area (TPSA) is 163 Å². The minimum atomic E-state index is -3.30. The second-order valence-corrected chi connectivity index (χ2v) is 9.38. The summed E-state index contributed by atoms with van der Waals surface area (Å²) in [5, 5.41) is 18.1. The number of carboxylic acid groups (broad SMARTS) is 1. The zero-order valence-electron chi connectivity index (χ0n) is 18.4. The Morgan fingerprint density at radius 3 is 2.72 bits per heavy atom. The van der Waals surface area contributed by atoms with Crippen molar-refractivity contribution in [3.8, 4) is 5.75 Å². The number of methoxy groups -OCH3 is 1. The van der Waals surface area contributed by atoms with Crippen LogP contribution in [0.5, 0.6) is 5.75 Å². The summed E-state index contributed by atoms with van der Waals surface area (Å²) in [6, 6.07) is 2.26. The number of amides is 2. The average Bonchev–Trinajstić information content (AvgIpc) is 3.28. The van der Waals surface area contributed by atoms with Gasteiger partial charge in [0.1, 0.15) is 22.9 Å². The van der Waals surface area contributed by atoms with Crippen molar-refractivity contribution in [3.63, 3.8) is 0 Å². The fourth-order valence-electron chi connectivity index (χ4n) is 3.60. The maximum absolute atomic E-state index is 12.9. The number of rotatable bonds is 9. The summed E-state index contributed by atoms with van der Waals surface area (Å²) in [5.74, 6) is -2.39. The number of thioether (sulfide) groups is 1. The molecule has 2 amide bonds. The molecule has 3 N–H and O–H groups in total. The number of fused-ring (bicyclic) bond motifs is 1. The van der Waals surface area contributed by atoms with Gasteiger partial charge in [0, 0.05) is 28.8 Å². The lowest BCUT2D eigenvalue weighted by molar-refractivity contribution is -0.689. The summed E-state index contributed by atoms with van der Waals surface area (Å²) in [6.07, 6.45) is 3.40. The van der Waals surface area contributed by atoms with Crippen LogP contribution in [0.25, 0.3) is 0 Å². The molecule has 16 heteroatoms. The first-order chi connectivity index (χ1) is 17.2. The van der Waals surface area contributed by atoms with Gasteiger partial charge in [0.2, 0.25) is 0 Å². The number of thiazole rings is 1. The molecule has 0 aromatic carbocycles. The van der Waals surface area contributed by atoms with E-state index < -0.39 is 41.5 Å². The molecule has 12 nitrogen and oxygen atoms in total. The highest BCUT2D eigenvalue weighted by Gasteiger charge is 2.53. The highest BCUT2D eigenvalue weighted by molar-refractivity contribution is 8.00. The third kappa shape index (κ3) is 5.08. The van der Waals surface area contributed by atoms with E-state index in [1.807, 2.05) is 0 Å². The number of nitrogens with zero attached hydrogens (tertiary/aromatic N) is 4. The molecule has 2 aromatic heterocycles. The van der Waals surface area contributed by atoms with E-state index in [0.29, 0.717) is 11.3 Å². The number of aliphatic carboxylic acids is 1. The molecule has 2 atom stereocenters. The average molecular weight is 541 g/mol. The van der Waals surface area contributed by atoms with Crippen molar-refractivity contribution in [2.45, 2.75) is 24.6 Å². The van der Waals surface area contributed by atoms with Crippen LogP contribution in [0, 0.1) is 0 Å². The smallest absolute Gasteiger partial charge is 0.407 e. The fourth-order valence-corrected chi connectivity index (χ4v) is 5.48. The molecule has 2 aliphatic rings. The number of anilines is 1. The lowest BCUT2D eigenvalue weighted by Crippen LogP contribution is -2.71. The Morgan fingerprint density at radius 1 is 1.42 bits per heavy atom. The molecule has 1 fully saturated rings. The molecular weight excluding hydrogens is 522 g/mol. The molecule has 1 unspecified atom stereocenters. The molecule has 0 spiro atoms. The van der Waals surface area contributed by atoms with Gasteiger partial charge in [-0.15, -0.1) is 23.1 Å². The third-order valence-electron chi connectivity index (χ3n) is 5.20. The van der Waals surface area contributed by atoms with Crippen LogP contribution in [0.4, 0.5) is 13.9 Å². The van der Waals surface area contributed by atoms with Crippen molar-refractivity contribution in [2.24, 2.45) is 5.16 Å². The zero-order chi connectivity index (χ0) is 26.0. The van der Waals surface area contributed by atoms with Crippen molar-refractivity contribution in [1.82, 2.24) is 15.2 Å². The van der Waals surface area contributed by atoms with Crippen molar-refractivity contribution in [3.05, 3.63) is 46.9 Å². The lowest BCUT2D eigenvalue weighted by atomic mass is 10.0. The van der Waals surface area contributed by atoms with E-state index in [0.717, 1.165) is 16.2 Å². The van der Waals surface area contributed by atoms with Gasteiger partial charge in [0.05, 0.1) is 18.8 Å². The molecule has 4 heterocycles. The number of carbonyl (C=O) groups is 3. The minimum Gasteiger partial charge on any atom is -0.543 e.